The molecule has 0 heterocycles. The molecule has 0 nitrogen and oxygen atoms in total. The summed E-state index contributed by atoms with van der Waals surface area (Å²) in [5.74, 6) is 0.344. The first-order valence-electron chi connectivity index (χ1n) is 18.4. The molecule has 0 aliphatic heterocycles. The van der Waals surface area contributed by atoms with Crippen LogP contribution in [0.5, 0.6) is 0 Å². The van der Waals surface area contributed by atoms with Crippen LogP contribution >= 0.6 is 0 Å². The minimum atomic E-state index is -0.208. The van der Waals surface area contributed by atoms with E-state index in [9.17, 15) is 0 Å². The van der Waals surface area contributed by atoms with E-state index >= 15 is 0 Å². The molecule has 0 saturated carbocycles. The van der Waals surface area contributed by atoms with Crippen molar-refractivity contribution in [1.29, 1.82) is 0 Å². The minimum absolute atomic E-state index is 0.208. The average Bonchev–Trinajstić information content (AvgIpc) is 3.33. The van der Waals surface area contributed by atoms with Gasteiger partial charge in [0, 0.05) is 0 Å². The van der Waals surface area contributed by atoms with Crippen LogP contribution in [0.4, 0.5) is 0 Å². The number of hydrogen-bond acceptors (Lipinski definition) is 0. The van der Waals surface area contributed by atoms with Gasteiger partial charge in [0.1, 0.15) is 0 Å². The molecule has 238 valence electrons. The van der Waals surface area contributed by atoms with E-state index in [1.54, 1.807) is 0 Å². The topological polar surface area (TPSA) is 0 Å². The number of rotatable bonds is 17. The zero-order chi connectivity index (χ0) is 31.6. The van der Waals surface area contributed by atoms with Crippen molar-refractivity contribution in [3.8, 4) is 11.1 Å². The summed E-state index contributed by atoms with van der Waals surface area (Å²) >= 11 is 0. The van der Waals surface area contributed by atoms with Gasteiger partial charge in [-0.1, -0.05) is 175 Å². The molecule has 3 aromatic carbocycles. The summed E-state index contributed by atoms with van der Waals surface area (Å²) in [5, 5.41) is 0. The number of benzene rings is 3. The summed E-state index contributed by atoms with van der Waals surface area (Å²) in [6.07, 6.45) is 26.8. The second-order valence-corrected chi connectivity index (χ2v) is 14.1. The zero-order valence-electron chi connectivity index (χ0n) is 28.9. The highest BCUT2D eigenvalue weighted by Gasteiger charge is 2.49. The number of aryl methyl sites for hydroxylation is 3. The van der Waals surface area contributed by atoms with Crippen molar-refractivity contribution >= 4 is 0 Å². The van der Waals surface area contributed by atoms with E-state index in [1.807, 2.05) is 0 Å². The van der Waals surface area contributed by atoms with E-state index in [0.29, 0.717) is 5.92 Å². The van der Waals surface area contributed by atoms with Gasteiger partial charge < -0.3 is 0 Å². The Morgan fingerprint density at radius 1 is 0.689 bits per heavy atom. The first-order chi connectivity index (χ1) is 22.0. The van der Waals surface area contributed by atoms with Gasteiger partial charge in [-0.2, -0.15) is 0 Å². The van der Waals surface area contributed by atoms with Gasteiger partial charge in [-0.25, -0.2) is 0 Å². The lowest BCUT2D eigenvalue weighted by atomic mass is 9.61. The number of fused-ring (bicyclic) bond motifs is 3. The molecule has 1 unspecified atom stereocenters. The van der Waals surface area contributed by atoms with Gasteiger partial charge in [-0.15, -0.1) is 0 Å². The number of hydrogen-bond donors (Lipinski definition) is 0. The molecule has 5 rings (SSSR count). The van der Waals surface area contributed by atoms with Crippen LogP contribution in [0, 0.1) is 19.8 Å². The third-order valence-electron chi connectivity index (χ3n) is 10.6. The van der Waals surface area contributed by atoms with Crippen molar-refractivity contribution in [2.24, 2.45) is 5.92 Å². The molecule has 0 heteroatoms. The van der Waals surface area contributed by atoms with Crippen LogP contribution in [0.2, 0.25) is 0 Å². The SMILES string of the molecule is C=C(CCCCCCCC)C1=CCC(C2(c3ccc(CCCCCCCC)cc3)c3cc(C)ccc3-c3ccc(C)cc32)C=C1. The van der Waals surface area contributed by atoms with E-state index in [2.05, 4.69) is 113 Å². The third-order valence-corrected chi connectivity index (χ3v) is 10.6. The van der Waals surface area contributed by atoms with E-state index < -0.39 is 0 Å². The Morgan fingerprint density at radius 3 is 1.80 bits per heavy atom. The molecule has 0 N–H and O–H groups in total. The summed E-state index contributed by atoms with van der Waals surface area (Å²) in [4.78, 5) is 0. The molecular weight excluding hydrogens is 540 g/mol. The summed E-state index contributed by atoms with van der Waals surface area (Å²) in [6.45, 7) is 13.6. The fraction of sp³-hybridized carbons (Fsp3) is 0.467. The standard InChI is InChI=1S/C45H58/c1-6-8-10-12-14-16-18-36(5)38-24-28-40(29-25-38)45(39-26-22-37(23-27-39)19-17-15-13-11-9-7-2)43-32-34(3)20-30-41(43)42-31-21-35(4)33-44(42)45/h20-28,30-33,40H,5-19,29H2,1-4H3. The summed E-state index contributed by atoms with van der Waals surface area (Å²) in [6, 6.07) is 24.1. The zero-order valence-corrected chi connectivity index (χ0v) is 28.9. The van der Waals surface area contributed by atoms with Crippen molar-refractivity contribution in [2.45, 2.75) is 129 Å². The summed E-state index contributed by atoms with van der Waals surface area (Å²) in [7, 11) is 0. The normalized spacial score (nSPS) is 16.4. The lowest BCUT2D eigenvalue weighted by Crippen LogP contribution is -2.36. The molecule has 0 amide bonds. The number of unbranched alkanes of at least 4 members (excludes halogenated alkanes) is 10. The largest absolute Gasteiger partial charge is 0.0952 e. The van der Waals surface area contributed by atoms with Gasteiger partial charge in [0.25, 0.3) is 0 Å². The second-order valence-electron chi connectivity index (χ2n) is 14.1. The first kappa shape index (κ1) is 33.2. The fourth-order valence-electron chi connectivity index (χ4n) is 8.02. The molecular formula is C45H58. The molecule has 0 spiro atoms. The maximum Gasteiger partial charge on any atom is 0.0529 e. The minimum Gasteiger partial charge on any atom is -0.0952 e. The van der Waals surface area contributed by atoms with E-state index in [1.165, 1.54) is 139 Å². The Bertz CT molecular complexity index is 1430. The molecule has 2 aliphatic carbocycles. The highest BCUT2D eigenvalue weighted by Crippen LogP contribution is 2.58. The van der Waals surface area contributed by atoms with Gasteiger partial charge in [0.2, 0.25) is 0 Å². The molecule has 0 fully saturated rings. The van der Waals surface area contributed by atoms with E-state index in [0.717, 1.165) is 12.8 Å². The van der Waals surface area contributed by atoms with Gasteiger partial charge in [-0.05, 0) is 96.4 Å². The van der Waals surface area contributed by atoms with Crippen LogP contribution in [-0.4, -0.2) is 0 Å². The maximum atomic E-state index is 4.54. The Balaban J connectivity index is 1.43. The molecule has 45 heavy (non-hydrogen) atoms. The van der Waals surface area contributed by atoms with E-state index in [-0.39, 0.29) is 5.41 Å². The third kappa shape index (κ3) is 7.48. The van der Waals surface area contributed by atoms with Crippen molar-refractivity contribution in [1.82, 2.24) is 0 Å². The Morgan fingerprint density at radius 2 is 1.24 bits per heavy atom. The Kier molecular flexibility index (Phi) is 11.8. The van der Waals surface area contributed by atoms with Crippen LogP contribution in [0.15, 0.2) is 96.6 Å². The van der Waals surface area contributed by atoms with Crippen LogP contribution in [0.3, 0.4) is 0 Å². The second kappa shape index (κ2) is 15.9. The van der Waals surface area contributed by atoms with Gasteiger partial charge in [-0.3, -0.25) is 0 Å². The van der Waals surface area contributed by atoms with Crippen molar-refractivity contribution in [3.05, 3.63) is 130 Å². The molecule has 0 aromatic heterocycles. The highest BCUT2D eigenvalue weighted by atomic mass is 14.5. The number of allylic oxidation sites excluding steroid dienone is 5. The Labute approximate surface area is 275 Å². The van der Waals surface area contributed by atoms with Crippen molar-refractivity contribution in [3.63, 3.8) is 0 Å². The summed E-state index contributed by atoms with van der Waals surface area (Å²) in [5.41, 5.74) is 13.8. The lowest BCUT2D eigenvalue weighted by Gasteiger charge is -2.40. The molecule has 0 radical (unpaired) electrons. The quantitative estimate of drug-likeness (QED) is 0.136. The first-order valence-corrected chi connectivity index (χ1v) is 18.4. The van der Waals surface area contributed by atoms with Crippen molar-refractivity contribution in [2.75, 3.05) is 0 Å². The van der Waals surface area contributed by atoms with Crippen LogP contribution in [0.25, 0.3) is 11.1 Å². The predicted molar refractivity (Wildman–Crippen MR) is 197 cm³/mol. The molecule has 3 aromatic rings. The fourth-order valence-corrected chi connectivity index (χ4v) is 8.02. The highest BCUT2D eigenvalue weighted by molar-refractivity contribution is 5.84. The van der Waals surface area contributed by atoms with Crippen LogP contribution < -0.4 is 0 Å². The predicted octanol–water partition coefficient (Wildman–Crippen LogP) is 13.3. The molecule has 0 bridgehead atoms. The van der Waals surface area contributed by atoms with Crippen LogP contribution in [0.1, 0.15) is 137 Å². The van der Waals surface area contributed by atoms with Crippen molar-refractivity contribution < 1.29 is 0 Å². The van der Waals surface area contributed by atoms with Gasteiger partial charge in [0.15, 0.2) is 0 Å². The van der Waals surface area contributed by atoms with E-state index in [4.69, 9.17) is 0 Å². The van der Waals surface area contributed by atoms with Gasteiger partial charge >= 0.3 is 0 Å². The molecule has 0 saturated heterocycles. The average molecular weight is 599 g/mol. The molecule has 1 atom stereocenters. The monoisotopic (exact) mass is 598 g/mol. The Hall–Kier alpha value is -3.12. The van der Waals surface area contributed by atoms with Gasteiger partial charge in [0.05, 0.1) is 5.41 Å². The maximum absolute atomic E-state index is 4.54. The molecule has 2 aliphatic rings. The smallest absolute Gasteiger partial charge is 0.0529 e. The summed E-state index contributed by atoms with van der Waals surface area (Å²) < 4.78 is 0. The van der Waals surface area contributed by atoms with Crippen LogP contribution in [-0.2, 0) is 11.8 Å². The lowest BCUT2D eigenvalue weighted by molar-refractivity contribution is 0.455.